The molecule has 0 heterocycles. The fraction of sp³-hybridized carbons (Fsp3) is 0.417. The molecule has 3 nitrogen and oxygen atoms in total. The SMILES string of the molecule is CCC(C)[C@H](N)C(=O)Nc1ccc(Br)c(F)c1. The van der Waals surface area contributed by atoms with Crippen LogP contribution in [0.25, 0.3) is 0 Å². The van der Waals surface area contributed by atoms with Gasteiger partial charge >= 0.3 is 0 Å². The maximum Gasteiger partial charge on any atom is 0.241 e. The third kappa shape index (κ3) is 3.78. The predicted octanol–water partition coefficient (Wildman–Crippen LogP) is 2.90. The van der Waals surface area contributed by atoms with Gasteiger partial charge in [0.2, 0.25) is 5.91 Å². The van der Waals surface area contributed by atoms with Gasteiger partial charge in [-0.2, -0.15) is 0 Å². The molecule has 2 atom stereocenters. The molecular formula is C12H16BrFN2O. The minimum absolute atomic E-state index is 0.0929. The quantitative estimate of drug-likeness (QED) is 0.898. The van der Waals surface area contributed by atoms with E-state index in [0.717, 1.165) is 6.42 Å². The fourth-order valence-electron chi connectivity index (χ4n) is 1.31. The Labute approximate surface area is 109 Å². The first-order chi connectivity index (χ1) is 7.95. The summed E-state index contributed by atoms with van der Waals surface area (Å²) in [7, 11) is 0. The number of rotatable bonds is 4. The molecule has 3 N–H and O–H groups in total. The lowest BCUT2D eigenvalue weighted by molar-refractivity contribution is -0.118. The van der Waals surface area contributed by atoms with E-state index in [9.17, 15) is 9.18 Å². The molecule has 1 unspecified atom stereocenters. The summed E-state index contributed by atoms with van der Waals surface area (Å²) in [6, 6.07) is 3.84. The van der Waals surface area contributed by atoms with E-state index in [-0.39, 0.29) is 11.8 Å². The molecule has 1 aromatic carbocycles. The van der Waals surface area contributed by atoms with Crippen molar-refractivity contribution in [1.82, 2.24) is 0 Å². The van der Waals surface area contributed by atoms with Crippen LogP contribution in [0.5, 0.6) is 0 Å². The second-order valence-corrected chi connectivity index (χ2v) is 4.88. The predicted molar refractivity (Wildman–Crippen MR) is 70.2 cm³/mol. The zero-order valence-electron chi connectivity index (χ0n) is 9.84. The van der Waals surface area contributed by atoms with Crippen LogP contribution in [0.3, 0.4) is 0 Å². The standard InChI is InChI=1S/C12H16BrFN2O/c1-3-7(2)11(15)12(17)16-8-4-5-9(13)10(14)6-8/h4-7,11H,3,15H2,1-2H3,(H,16,17)/t7?,11-/m0/s1. The Morgan fingerprint density at radius 1 is 1.59 bits per heavy atom. The molecule has 1 amide bonds. The highest BCUT2D eigenvalue weighted by Gasteiger charge is 2.19. The van der Waals surface area contributed by atoms with Crippen molar-refractivity contribution in [3.8, 4) is 0 Å². The van der Waals surface area contributed by atoms with Crippen molar-refractivity contribution in [3.63, 3.8) is 0 Å². The van der Waals surface area contributed by atoms with Crippen molar-refractivity contribution in [2.75, 3.05) is 5.32 Å². The molecule has 94 valence electrons. The second-order valence-electron chi connectivity index (χ2n) is 4.03. The number of amides is 1. The van der Waals surface area contributed by atoms with Crippen molar-refractivity contribution in [2.45, 2.75) is 26.3 Å². The average molecular weight is 303 g/mol. The van der Waals surface area contributed by atoms with Gasteiger partial charge in [0.1, 0.15) is 5.82 Å². The lowest BCUT2D eigenvalue weighted by Gasteiger charge is -2.17. The summed E-state index contributed by atoms with van der Waals surface area (Å²) in [5, 5.41) is 2.60. The Morgan fingerprint density at radius 3 is 2.76 bits per heavy atom. The number of carbonyl (C=O) groups excluding carboxylic acids is 1. The summed E-state index contributed by atoms with van der Waals surface area (Å²) in [5.41, 5.74) is 6.18. The number of carbonyl (C=O) groups is 1. The molecule has 0 aromatic heterocycles. The van der Waals surface area contributed by atoms with Gasteiger partial charge in [-0.25, -0.2) is 4.39 Å². The Bertz CT molecular complexity index is 411. The van der Waals surface area contributed by atoms with Gasteiger partial charge in [-0.1, -0.05) is 20.3 Å². The van der Waals surface area contributed by atoms with Crippen LogP contribution in [-0.2, 0) is 4.79 Å². The minimum atomic E-state index is -0.577. The lowest BCUT2D eigenvalue weighted by Crippen LogP contribution is -2.40. The van der Waals surface area contributed by atoms with Gasteiger partial charge in [0.25, 0.3) is 0 Å². The third-order valence-electron chi connectivity index (χ3n) is 2.75. The zero-order chi connectivity index (χ0) is 13.0. The molecule has 1 rings (SSSR count). The highest BCUT2D eigenvalue weighted by Crippen LogP contribution is 2.19. The van der Waals surface area contributed by atoms with E-state index >= 15 is 0 Å². The van der Waals surface area contributed by atoms with Crippen LogP contribution >= 0.6 is 15.9 Å². The van der Waals surface area contributed by atoms with Crippen LogP contribution in [0, 0.1) is 11.7 Å². The number of anilines is 1. The van der Waals surface area contributed by atoms with Gasteiger partial charge in [0, 0.05) is 5.69 Å². The molecule has 0 saturated carbocycles. The Kier molecular flexibility index (Phi) is 5.08. The first kappa shape index (κ1) is 14.1. The molecule has 0 spiro atoms. The largest absolute Gasteiger partial charge is 0.325 e. The zero-order valence-corrected chi connectivity index (χ0v) is 11.4. The second kappa shape index (κ2) is 6.12. The fourth-order valence-corrected chi connectivity index (χ4v) is 1.56. The van der Waals surface area contributed by atoms with E-state index in [1.807, 2.05) is 13.8 Å². The lowest BCUT2D eigenvalue weighted by atomic mass is 9.99. The summed E-state index contributed by atoms with van der Waals surface area (Å²) in [6.07, 6.45) is 0.823. The summed E-state index contributed by atoms with van der Waals surface area (Å²) in [5.74, 6) is -0.615. The highest BCUT2D eigenvalue weighted by molar-refractivity contribution is 9.10. The molecule has 0 radical (unpaired) electrons. The van der Waals surface area contributed by atoms with Crippen molar-refractivity contribution in [1.29, 1.82) is 0 Å². The van der Waals surface area contributed by atoms with Crippen LogP contribution in [0.15, 0.2) is 22.7 Å². The molecule has 0 fully saturated rings. The van der Waals surface area contributed by atoms with Crippen molar-refractivity contribution < 1.29 is 9.18 Å². The third-order valence-corrected chi connectivity index (χ3v) is 3.39. The van der Waals surface area contributed by atoms with E-state index in [4.69, 9.17) is 5.73 Å². The number of nitrogens with one attached hydrogen (secondary N) is 1. The normalized spacial score (nSPS) is 14.2. The van der Waals surface area contributed by atoms with Gasteiger partial charge in [-0.05, 0) is 40.0 Å². The number of halogens is 2. The molecule has 0 aliphatic heterocycles. The molecule has 5 heteroatoms. The van der Waals surface area contributed by atoms with E-state index in [1.54, 1.807) is 12.1 Å². The average Bonchev–Trinajstić information content (AvgIpc) is 2.31. The van der Waals surface area contributed by atoms with Crippen LogP contribution in [0.4, 0.5) is 10.1 Å². The number of hydrogen-bond acceptors (Lipinski definition) is 2. The number of hydrogen-bond donors (Lipinski definition) is 2. The van der Waals surface area contributed by atoms with Gasteiger partial charge in [-0.15, -0.1) is 0 Å². The first-order valence-corrected chi connectivity index (χ1v) is 6.26. The maximum atomic E-state index is 13.2. The Hall–Kier alpha value is -0.940. The maximum absolute atomic E-state index is 13.2. The van der Waals surface area contributed by atoms with Gasteiger partial charge in [0.15, 0.2) is 0 Å². The molecular weight excluding hydrogens is 287 g/mol. The topological polar surface area (TPSA) is 55.1 Å². The Balaban J connectivity index is 2.71. The highest BCUT2D eigenvalue weighted by atomic mass is 79.9. The van der Waals surface area contributed by atoms with Gasteiger partial charge < -0.3 is 11.1 Å². The smallest absolute Gasteiger partial charge is 0.241 e. The molecule has 17 heavy (non-hydrogen) atoms. The number of benzene rings is 1. The summed E-state index contributed by atoms with van der Waals surface area (Å²) in [6.45, 7) is 3.88. The van der Waals surface area contributed by atoms with Crippen LogP contribution in [-0.4, -0.2) is 11.9 Å². The van der Waals surface area contributed by atoms with Crippen LogP contribution in [0.1, 0.15) is 20.3 Å². The summed E-state index contributed by atoms with van der Waals surface area (Å²) in [4.78, 5) is 11.7. The van der Waals surface area contributed by atoms with Crippen LogP contribution < -0.4 is 11.1 Å². The van der Waals surface area contributed by atoms with E-state index in [1.165, 1.54) is 6.07 Å². The van der Waals surface area contributed by atoms with Crippen LogP contribution in [0.2, 0.25) is 0 Å². The van der Waals surface area contributed by atoms with Crippen molar-refractivity contribution in [2.24, 2.45) is 11.7 Å². The molecule has 1 aromatic rings. The molecule has 0 aliphatic carbocycles. The van der Waals surface area contributed by atoms with Gasteiger partial charge in [0.05, 0.1) is 10.5 Å². The number of nitrogens with two attached hydrogens (primary N) is 1. The van der Waals surface area contributed by atoms with Crippen molar-refractivity contribution in [3.05, 3.63) is 28.5 Å². The summed E-state index contributed by atoms with van der Waals surface area (Å²) >= 11 is 3.05. The molecule has 0 bridgehead atoms. The molecule has 0 aliphatic rings. The van der Waals surface area contributed by atoms with E-state index < -0.39 is 11.9 Å². The van der Waals surface area contributed by atoms with E-state index in [2.05, 4.69) is 21.2 Å². The Morgan fingerprint density at radius 2 is 2.24 bits per heavy atom. The van der Waals surface area contributed by atoms with Crippen molar-refractivity contribution >= 4 is 27.5 Å². The summed E-state index contributed by atoms with van der Waals surface area (Å²) < 4.78 is 13.6. The molecule has 0 saturated heterocycles. The monoisotopic (exact) mass is 302 g/mol. The van der Waals surface area contributed by atoms with E-state index in [0.29, 0.717) is 10.2 Å². The minimum Gasteiger partial charge on any atom is -0.325 e. The van der Waals surface area contributed by atoms with Gasteiger partial charge in [-0.3, -0.25) is 4.79 Å². The first-order valence-electron chi connectivity index (χ1n) is 5.47.